The molecular weight excluding hydrogens is 136 g/mol. The molecule has 4 nitrogen and oxygen atoms in total. The van der Waals surface area contributed by atoms with E-state index in [1.165, 1.54) is 0 Å². The SMILES string of the molecule is SCCNc1c[nH]nn1. The predicted octanol–water partition coefficient (Wildman–Crippen LogP) is 0.146. The average Bonchev–Trinajstić information content (AvgIpc) is 2.34. The summed E-state index contributed by atoms with van der Waals surface area (Å²) in [6.07, 6.45) is 1.70. The topological polar surface area (TPSA) is 53.6 Å². The number of nitrogens with one attached hydrogen (secondary N) is 2. The molecule has 0 bridgehead atoms. The van der Waals surface area contributed by atoms with Gasteiger partial charge in [0.1, 0.15) is 0 Å². The van der Waals surface area contributed by atoms with Crippen molar-refractivity contribution in [2.75, 3.05) is 17.6 Å². The van der Waals surface area contributed by atoms with Gasteiger partial charge in [-0.3, -0.25) is 5.10 Å². The van der Waals surface area contributed by atoms with Gasteiger partial charge in [-0.25, -0.2) is 0 Å². The molecule has 0 fully saturated rings. The number of rotatable bonds is 3. The number of nitrogens with zero attached hydrogens (tertiary/aromatic N) is 2. The van der Waals surface area contributed by atoms with Crippen molar-refractivity contribution in [3.8, 4) is 0 Å². The van der Waals surface area contributed by atoms with E-state index in [0.717, 1.165) is 18.1 Å². The third kappa shape index (κ3) is 1.93. The van der Waals surface area contributed by atoms with E-state index in [0.29, 0.717) is 0 Å². The Balaban J connectivity index is 2.30. The maximum atomic E-state index is 4.01. The molecule has 5 heteroatoms. The van der Waals surface area contributed by atoms with Gasteiger partial charge in [0, 0.05) is 12.3 Å². The summed E-state index contributed by atoms with van der Waals surface area (Å²) in [4.78, 5) is 0. The summed E-state index contributed by atoms with van der Waals surface area (Å²) in [5, 5.41) is 12.8. The smallest absolute Gasteiger partial charge is 0.168 e. The van der Waals surface area contributed by atoms with Crippen LogP contribution in [0.2, 0.25) is 0 Å². The van der Waals surface area contributed by atoms with Gasteiger partial charge in [0.05, 0.1) is 6.20 Å². The van der Waals surface area contributed by atoms with Gasteiger partial charge in [-0.1, -0.05) is 5.21 Å². The lowest BCUT2D eigenvalue weighted by atomic mass is 10.6. The summed E-state index contributed by atoms with van der Waals surface area (Å²) in [7, 11) is 0. The number of hydrogen-bond donors (Lipinski definition) is 3. The van der Waals surface area contributed by atoms with E-state index in [9.17, 15) is 0 Å². The second-order valence-electron chi connectivity index (χ2n) is 1.51. The molecule has 1 heterocycles. The molecule has 0 amide bonds. The van der Waals surface area contributed by atoms with Crippen LogP contribution in [0.4, 0.5) is 5.82 Å². The molecule has 0 saturated carbocycles. The molecule has 9 heavy (non-hydrogen) atoms. The molecule has 0 aliphatic rings. The van der Waals surface area contributed by atoms with E-state index < -0.39 is 0 Å². The molecule has 0 saturated heterocycles. The van der Waals surface area contributed by atoms with Crippen LogP contribution in [0.5, 0.6) is 0 Å². The van der Waals surface area contributed by atoms with E-state index in [4.69, 9.17) is 0 Å². The van der Waals surface area contributed by atoms with Gasteiger partial charge < -0.3 is 5.32 Å². The second kappa shape index (κ2) is 3.34. The van der Waals surface area contributed by atoms with Crippen molar-refractivity contribution in [3.63, 3.8) is 0 Å². The predicted molar refractivity (Wildman–Crippen MR) is 38.7 cm³/mol. The molecule has 2 N–H and O–H groups in total. The summed E-state index contributed by atoms with van der Waals surface area (Å²) in [6.45, 7) is 0.815. The highest BCUT2D eigenvalue weighted by Crippen LogP contribution is 1.93. The molecule has 1 aromatic rings. The summed E-state index contributed by atoms with van der Waals surface area (Å²) in [6, 6.07) is 0. The largest absolute Gasteiger partial charge is 0.366 e. The first-order valence-electron chi connectivity index (χ1n) is 2.64. The number of hydrogen-bond acceptors (Lipinski definition) is 4. The van der Waals surface area contributed by atoms with Crippen molar-refractivity contribution < 1.29 is 0 Å². The van der Waals surface area contributed by atoms with Crippen LogP contribution >= 0.6 is 12.6 Å². The van der Waals surface area contributed by atoms with Crippen LogP contribution in [0.1, 0.15) is 0 Å². The molecule has 0 aromatic carbocycles. The fraction of sp³-hybridized carbons (Fsp3) is 0.500. The molecule has 0 unspecified atom stereocenters. The average molecular weight is 144 g/mol. The molecule has 0 aliphatic carbocycles. The van der Waals surface area contributed by atoms with Gasteiger partial charge >= 0.3 is 0 Å². The monoisotopic (exact) mass is 144 g/mol. The molecule has 1 rings (SSSR count). The highest BCUT2D eigenvalue weighted by atomic mass is 32.1. The van der Waals surface area contributed by atoms with Gasteiger partial charge in [0.15, 0.2) is 5.82 Å². The summed E-state index contributed by atoms with van der Waals surface area (Å²) < 4.78 is 0. The Morgan fingerprint density at radius 3 is 3.22 bits per heavy atom. The Bertz CT molecular complexity index is 150. The lowest BCUT2D eigenvalue weighted by molar-refractivity contribution is 0.938. The van der Waals surface area contributed by atoms with Crippen LogP contribution in [0.3, 0.4) is 0 Å². The van der Waals surface area contributed by atoms with Crippen LogP contribution in [0.15, 0.2) is 6.20 Å². The summed E-state index contributed by atoms with van der Waals surface area (Å²) >= 11 is 4.01. The molecule has 1 aromatic heterocycles. The number of anilines is 1. The highest BCUT2D eigenvalue weighted by molar-refractivity contribution is 7.80. The van der Waals surface area contributed by atoms with Crippen LogP contribution < -0.4 is 5.32 Å². The fourth-order valence-corrected chi connectivity index (χ4v) is 0.584. The molecule has 0 aliphatic heterocycles. The molecular formula is C4H8N4S. The minimum Gasteiger partial charge on any atom is -0.366 e. The Morgan fingerprint density at radius 2 is 2.67 bits per heavy atom. The lowest BCUT2D eigenvalue weighted by Crippen LogP contribution is -2.02. The van der Waals surface area contributed by atoms with Crippen molar-refractivity contribution >= 4 is 18.4 Å². The van der Waals surface area contributed by atoms with E-state index in [1.54, 1.807) is 6.20 Å². The highest BCUT2D eigenvalue weighted by Gasteiger charge is 1.89. The zero-order chi connectivity index (χ0) is 6.53. The van der Waals surface area contributed by atoms with Gasteiger partial charge in [-0.2, -0.15) is 12.6 Å². The first-order chi connectivity index (χ1) is 4.43. The van der Waals surface area contributed by atoms with Crippen LogP contribution in [0, 0.1) is 0 Å². The lowest BCUT2D eigenvalue weighted by Gasteiger charge is -1.94. The fourth-order valence-electron chi connectivity index (χ4n) is 0.472. The van der Waals surface area contributed by atoms with Crippen LogP contribution in [0.25, 0.3) is 0 Å². The van der Waals surface area contributed by atoms with E-state index >= 15 is 0 Å². The van der Waals surface area contributed by atoms with Gasteiger partial charge in [0.2, 0.25) is 0 Å². The van der Waals surface area contributed by atoms with E-state index in [-0.39, 0.29) is 0 Å². The van der Waals surface area contributed by atoms with Gasteiger partial charge in [-0.15, -0.1) is 5.10 Å². The molecule has 0 spiro atoms. The van der Waals surface area contributed by atoms with Crippen molar-refractivity contribution in [2.45, 2.75) is 0 Å². The zero-order valence-electron chi connectivity index (χ0n) is 4.83. The Labute approximate surface area is 58.5 Å². The van der Waals surface area contributed by atoms with Gasteiger partial charge in [-0.05, 0) is 0 Å². The number of aromatic nitrogens is 3. The van der Waals surface area contributed by atoms with E-state index in [2.05, 4.69) is 33.4 Å². The van der Waals surface area contributed by atoms with Gasteiger partial charge in [0.25, 0.3) is 0 Å². The Hall–Kier alpha value is -0.710. The normalized spacial score (nSPS) is 9.44. The van der Waals surface area contributed by atoms with Crippen molar-refractivity contribution in [1.29, 1.82) is 0 Å². The van der Waals surface area contributed by atoms with Crippen molar-refractivity contribution in [3.05, 3.63) is 6.20 Å². The maximum Gasteiger partial charge on any atom is 0.168 e. The standard InChI is InChI=1S/C4H8N4S/c9-2-1-5-4-3-6-8-7-4/h3,9H,1-2H2,(H2,5,6,7,8). The number of H-pyrrole nitrogens is 1. The Kier molecular flexibility index (Phi) is 2.38. The maximum absolute atomic E-state index is 4.01. The van der Waals surface area contributed by atoms with Crippen molar-refractivity contribution in [1.82, 2.24) is 15.4 Å². The second-order valence-corrected chi connectivity index (χ2v) is 1.96. The molecule has 0 radical (unpaired) electrons. The summed E-state index contributed by atoms with van der Waals surface area (Å²) in [5.74, 6) is 1.57. The number of aromatic amines is 1. The number of thiol groups is 1. The zero-order valence-corrected chi connectivity index (χ0v) is 5.73. The third-order valence-corrected chi connectivity index (χ3v) is 1.06. The minimum atomic E-state index is 0.768. The van der Waals surface area contributed by atoms with Crippen LogP contribution in [-0.4, -0.2) is 27.7 Å². The van der Waals surface area contributed by atoms with Crippen LogP contribution in [-0.2, 0) is 0 Å². The van der Waals surface area contributed by atoms with E-state index in [1.807, 2.05) is 0 Å². The minimum absolute atomic E-state index is 0.768. The first kappa shape index (κ1) is 6.41. The first-order valence-corrected chi connectivity index (χ1v) is 3.28. The quantitative estimate of drug-likeness (QED) is 0.529. The molecule has 0 atom stereocenters. The molecule has 50 valence electrons. The Morgan fingerprint density at radius 1 is 1.78 bits per heavy atom. The van der Waals surface area contributed by atoms with Crippen molar-refractivity contribution in [2.24, 2.45) is 0 Å². The summed E-state index contributed by atoms with van der Waals surface area (Å²) in [5.41, 5.74) is 0. The third-order valence-electron chi connectivity index (χ3n) is 0.835.